The van der Waals surface area contributed by atoms with Crippen LogP contribution >= 0.6 is 0 Å². The van der Waals surface area contributed by atoms with Gasteiger partial charge in [0.15, 0.2) is 0 Å². The van der Waals surface area contributed by atoms with Crippen LogP contribution in [-0.4, -0.2) is 28.6 Å². The first-order valence-electron chi connectivity index (χ1n) is 7.68. The van der Waals surface area contributed by atoms with E-state index in [0.29, 0.717) is 11.4 Å². The highest BCUT2D eigenvalue weighted by atomic mass is 32.2. The van der Waals surface area contributed by atoms with Crippen LogP contribution in [0.25, 0.3) is 0 Å². The molecule has 1 saturated carbocycles. The van der Waals surface area contributed by atoms with Gasteiger partial charge in [-0.3, -0.25) is 0 Å². The lowest BCUT2D eigenvalue weighted by Crippen LogP contribution is -2.39. The van der Waals surface area contributed by atoms with Crippen LogP contribution in [0.15, 0.2) is 29.2 Å². The minimum Gasteiger partial charge on any atom is -0.320 e. The molecule has 1 aliphatic rings. The molecular formula is C16H26N2O2S. The van der Waals surface area contributed by atoms with Crippen molar-refractivity contribution in [2.45, 2.75) is 43.9 Å². The largest absolute Gasteiger partial charge is 0.320 e. The molecule has 0 unspecified atom stereocenters. The fraction of sp³-hybridized carbons (Fsp3) is 0.625. The van der Waals surface area contributed by atoms with E-state index in [2.05, 4.69) is 17.0 Å². The van der Waals surface area contributed by atoms with Crippen LogP contribution in [0.3, 0.4) is 0 Å². The molecule has 2 rings (SSSR count). The molecule has 1 aliphatic carbocycles. The highest BCUT2D eigenvalue weighted by Crippen LogP contribution is 2.39. The van der Waals surface area contributed by atoms with Gasteiger partial charge in [0.25, 0.3) is 0 Å². The van der Waals surface area contributed by atoms with Gasteiger partial charge in [-0.15, -0.1) is 0 Å². The Morgan fingerprint density at radius 2 is 1.86 bits per heavy atom. The summed E-state index contributed by atoms with van der Waals surface area (Å²) in [5.74, 6) is 0. The molecule has 0 aliphatic heterocycles. The predicted octanol–water partition coefficient (Wildman–Crippen LogP) is 2.31. The molecule has 2 N–H and O–H groups in total. The predicted molar refractivity (Wildman–Crippen MR) is 85.8 cm³/mol. The van der Waals surface area contributed by atoms with Crippen LogP contribution in [-0.2, 0) is 16.4 Å². The lowest BCUT2D eigenvalue weighted by atomic mass is 9.71. The molecule has 0 amide bonds. The second kappa shape index (κ2) is 6.90. The van der Waals surface area contributed by atoms with E-state index in [0.717, 1.165) is 32.2 Å². The quantitative estimate of drug-likeness (QED) is 0.724. The van der Waals surface area contributed by atoms with Crippen molar-refractivity contribution in [2.24, 2.45) is 5.41 Å². The first-order chi connectivity index (χ1) is 9.95. The number of nitrogens with one attached hydrogen (secondary N) is 2. The molecule has 0 bridgehead atoms. The molecule has 5 heteroatoms. The van der Waals surface area contributed by atoms with Gasteiger partial charge in [-0.25, -0.2) is 13.1 Å². The highest BCUT2D eigenvalue weighted by molar-refractivity contribution is 7.89. The Balaban J connectivity index is 1.93. The summed E-state index contributed by atoms with van der Waals surface area (Å²) in [6, 6.07) is 7.24. The molecule has 1 aromatic rings. The van der Waals surface area contributed by atoms with Gasteiger partial charge in [0, 0.05) is 6.54 Å². The van der Waals surface area contributed by atoms with Gasteiger partial charge >= 0.3 is 0 Å². The average molecular weight is 310 g/mol. The number of benzene rings is 1. The second-order valence-electron chi connectivity index (χ2n) is 6.34. The zero-order chi connectivity index (χ0) is 15.3. The number of hydrogen-bond donors (Lipinski definition) is 2. The first-order valence-corrected chi connectivity index (χ1v) is 9.17. The molecule has 4 nitrogen and oxygen atoms in total. The maximum Gasteiger partial charge on any atom is 0.240 e. The normalized spacial score (nSPS) is 17.4. The van der Waals surface area contributed by atoms with Crippen molar-refractivity contribution < 1.29 is 8.42 Å². The van der Waals surface area contributed by atoms with Crippen molar-refractivity contribution in [3.8, 4) is 0 Å². The third-order valence-corrected chi connectivity index (χ3v) is 5.79. The van der Waals surface area contributed by atoms with E-state index in [1.165, 1.54) is 12.0 Å². The molecule has 0 saturated heterocycles. The molecular weight excluding hydrogens is 284 g/mol. The van der Waals surface area contributed by atoms with Crippen LogP contribution in [0, 0.1) is 5.41 Å². The molecule has 0 spiro atoms. The highest BCUT2D eigenvalue weighted by Gasteiger charge is 2.32. The average Bonchev–Trinajstić information content (AvgIpc) is 2.44. The van der Waals surface area contributed by atoms with E-state index in [1.807, 2.05) is 19.2 Å². The Labute approximate surface area is 128 Å². The SMILES string of the molecule is CNCCCc1ccc(S(=O)(=O)NCC2(C)CCC2)cc1. The number of sulfonamides is 1. The van der Waals surface area contributed by atoms with Gasteiger partial charge in [-0.1, -0.05) is 25.5 Å². The molecule has 21 heavy (non-hydrogen) atoms. The van der Waals surface area contributed by atoms with Gasteiger partial charge < -0.3 is 5.32 Å². The Bertz CT molecular complexity index is 548. The van der Waals surface area contributed by atoms with Gasteiger partial charge in [0.1, 0.15) is 0 Å². The molecule has 0 radical (unpaired) electrons. The van der Waals surface area contributed by atoms with Crippen LogP contribution in [0.5, 0.6) is 0 Å². The standard InChI is InChI=1S/C16H26N2O2S/c1-16(10-4-11-16)13-18-21(19,20)15-8-6-14(7-9-15)5-3-12-17-2/h6-9,17-18H,3-5,10-13H2,1-2H3. The summed E-state index contributed by atoms with van der Waals surface area (Å²) in [6.45, 7) is 3.66. The van der Waals surface area contributed by atoms with Crippen LogP contribution in [0.1, 0.15) is 38.2 Å². The van der Waals surface area contributed by atoms with Crippen molar-refractivity contribution in [2.75, 3.05) is 20.1 Å². The molecule has 0 aromatic heterocycles. The number of hydrogen-bond acceptors (Lipinski definition) is 3. The second-order valence-corrected chi connectivity index (χ2v) is 8.11. The minimum absolute atomic E-state index is 0.153. The van der Waals surface area contributed by atoms with Gasteiger partial charge in [0.2, 0.25) is 10.0 Å². The summed E-state index contributed by atoms with van der Waals surface area (Å²) < 4.78 is 27.3. The Hall–Kier alpha value is -0.910. The van der Waals surface area contributed by atoms with Gasteiger partial charge in [-0.05, 0) is 62.4 Å². The van der Waals surface area contributed by atoms with Crippen molar-refractivity contribution >= 4 is 10.0 Å². The Morgan fingerprint density at radius 3 is 2.38 bits per heavy atom. The zero-order valence-electron chi connectivity index (χ0n) is 13.0. The third-order valence-electron chi connectivity index (χ3n) is 4.38. The number of rotatable bonds is 8. The molecule has 0 heterocycles. The van der Waals surface area contributed by atoms with Crippen molar-refractivity contribution in [1.82, 2.24) is 10.0 Å². The van der Waals surface area contributed by atoms with Crippen molar-refractivity contribution in [3.63, 3.8) is 0 Å². The summed E-state index contributed by atoms with van der Waals surface area (Å²) in [5, 5.41) is 3.11. The molecule has 1 fully saturated rings. The third kappa shape index (κ3) is 4.53. The maximum absolute atomic E-state index is 12.3. The zero-order valence-corrected chi connectivity index (χ0v) is 13.8. The van der Waals surface area contributed by atoms with E-state index in [9.17, 15) is 8.42 Å². The minimum atomic E-state index is -3.37. The Kier molecular flexibility index (Phi) is 5.41. The van der Waals surface area contributed by atoms with E-state index >= 15 is 0 Å². The first kappa shape index (κ1) is 16.5. The maximum atomic E-state index is 12.3. The molecule has 1 aromatic carbocycles. The lowest BCUT2D eigenvalue weighted by molar-refractivity contribution is 0.166. The Morgan fingerprint density at radius 1 is 1.19 bits per heavy atom. The van der Waals surface area contributed by atoms with E-state index in [4.69, 9.17) is 0 Å². The fourth-order valence-corrected chi connectivity index (χ4v) is 3.81. The summed E-state index contributed by atoms with van der Waals surface area (Å²) >= 11 is 0. The monoisotopic (exact) mass is 310 g/mol. The summed E-state index contributed by atoms with van der Waals surface area (Å²) in [5.41, 5.74) is 1.33. The number of aryl methyl sites for hydroxylation is 1. The molecule has 0 atom stereocenters. The van der Waals surface area contributed by atoms with Gasteiger partial charge in [-0.2, -0.15) is 0 Å². The lowest BCUT2D eigenvalue weighted by Gasteiger charge is -2.38. The topological polar surface area (TPSA) is 58.2 Å². The summed E-state index contributed by atoms with van der Waals surface area (Å²) in [6.07, 6.45) is 5.45. The van der Waals surface area contributed by atoms with Gasteiger partial charge in [0.05, 0.1) is 4.90 Å². The van der Waals surface area contributed by atoms with Crippen molar-refractivity contribution in [1.29, 1.82) is 0 Å². The van der Waals surface area contributed by atoms with Crippen molar-refractivity contribution in [3.05, 3.63) is 29.8 Å². The summed E-state index contributed by atoms with van der Waals surface area (Å²) in [7, 11) is -1.44. The van der Waals surface area contributed by atoms with Crippen LogP contribution in [0.2, 0.25) is 0 Å². The van der Waals surface area contributed by atoms with Crippen LogP contribution < -0.4 is 10.0 Å². The smallest absolute Gasteiger partial charge is 0.240 e. The van der Waals surface area contributed by atoms with Crippen LogP contribution in [0.4, 0.5) is 0 Å². The van der Waals surface area contributed by atoms with E-state index in [1.54, 1.807) is 12.1 Å². The summed E-state index contributed by atoms with van der Waals surface area (Å²) in [4.78, 5) is 0.364. The fourth-order valence-electron chi connectivity index (χ4n) is 2.61. The molecule has 118 valence electrons. The van der Waals surface area contributed by atoms with E-state index in [-0.39, 0.29) is 5.41 Å². The van der Waals surface area contributed by atoms with E-state index < -0.39 is 10.0 Å².